The molecule has 23 heavy (non-hydrogen) atoms. The van der Waals surface area contributed by atoms with Crippen molar-refractivity contribution in [2.75, 3.05) is 0 Å². The molecular formula is C16H21N3O3S. The van der Waals surface area contributed by atoms with Crippen LogP contribution in [0.4, 0.5) is 0 Å². The molecule has 1 aliphatic carbocycles. The highest BCUT2D eigenvalue weighted by molar-refractivity contribution is 7.89. The lowest BCUT2D eigenvalue weighted by Crippen LogP contribution is -2.29. The largest absolute Gasteiger partial charge is 0.425 e. The number of sulfonamides is 1. The van der Waals surface area contributed by atoms with E-state index >= 15 is 0 Å². The fourth-order valence-corrected chi connectivity index (χ4v) is 4.18. The van der Waals surface area contributed by atoms with E-state index in [2.05, 4.69) is 14.9 Å². The molecular weight excluding hydrogens is 314 g/mol. The first-order valence-electron chi connectivity index (χ1n) is 7.64. The quantitative estimate of drug-likeness (QED) is 0.908. The number of hydrogen-bond acceptors (Lipinski definition) is 5. The monoisotopic (exact) mass is 335 g/mol. The number of benzene rings is 1. The molecule has 1 N–H and O–H groups in total. The predicted molar refractivity (Wildman–Crippen MR) is 85.5 cm³/mol. The van der Waals surface area contributed by atoms with Crippen molar-refractivity contribution in [3.05, 3.63) is 42.1 Å². The lowest BCUT2D eigenvalue weighted by atomic mass is 10.1. The van der Waals surface area contributed by atoms with Crippen molar-refractivity contribution < 1.29 is 12.8 Å². The minimum atomic E-state index is -3.56. The number of nitrogens with zero attached hydrogens (tertiary/aromatic N) is 2. The van der Waals surface area contributed by atoms with Crippen LogP contribution in [0.1, 0.15) is 51.3 Å². The number of nitrogens with one attached hydrogen (secondary N) is 1. The van der Waals surface area contributed by atoms with Crippen LogP contribution in [0.25, 0.3) is 0 Å². The number of rotatable bonds is 5. The van der Waals surface area contributed by atoms with Gasteiger partial charge in [-0.25, -0.2) is 13.1 Å². The van der Waals surface area contributed by atoms with Crippen LogP contribution in [-0.4, -0.2) is 24.7 Å². The first kappa shape index (κ1) is 16.1. The van der Waals surface area contributed by atoms with E-state index in [1.165, 1.54) is 0 Å². The summed E-state index contributed by atoms with van der Waals surface area (Å²) in [6, 6.07) is 8.10. The second-order valence-corrected chi connectivity index (χ2v) is 8.56. The average Bonchev–Trinajstić information content (AvgIpc) is 2.88. The second kappa shape index (κ2) is 5.42. The topological polar surface area (TPSA) is 85.1 Å². The summed E-state index contributed by atoms with van der Waals surface area (Å²) in [5.41, 5.74) is -0.261. The van der Waals surface area contributed by atoms with E-state index in [0.29, 0.717) is 11.8 Å². The van der Waals surface area contributed by atoms with Crippen molar-refractivity contribution in [2.24, 2.45) is 5.41 Å². The van der Waals surface area contributed by atoms with Gasteiger partial charge in [-0.1, -0.05) is 45.9 Å². The van der Waals surface area contributed by atoms with Crippen LogP contribution in [0.2, 0.25) is 0 Å². The standard InChI is InChI=1S/C16H21N3O3S/c1-10(2)14-17-18-15(22-14)12-13(16(12,3)4)19-23(20,21)11-8-6-5-7-9-11/h5-10,12-13,19H,1-4H3/t12-,13-/m0/s1. The van der Waals surface area contributed by atoms with Crippen LogP contribution in [-0.2, 0) is 10.0 Å². The summed E-state index contributed by atoms with van der Waals surface area (Å²) in [4.78, 5) is 0.259. The Bertz CT molecular complexity index is 797. The van der Waals surface area contributed by atoms with Crippen LogP contribution in [0.15, 0.2) is 39.6 Å². The Balaban J connectivity index is 1.81. The molecule has 0 spiro atoms. The third kappa shape index (κ3) is 2.90. The fraction of sp³-hybridized carbons (Fsp3) is 0.500. The van der Waals surface area contributed by atoms with Gasteiger partial charge < -0.3 is 4.42 Å². The Kier molecular flexibility index (Phi) is 3.80. The molecule has 1 saturated carbocycles. The first-order valence-corrected chi connectivity index (χ1v) is 9.12. The second-order valence-electron chi connectivity index (χ2n) is 6.84. The molecule has 7 heteroatoms. The van der Waals surface area contributed by atoms with Gasteiger partial charge in [0.05, 0.1) is 10.8 Å². The Hall–Kier alpha value is -1.73. The third-order valence-electron chi connectivity index (χ3n) is 4.38. The highest BCUT2D eigenvalue weighted by Gasteiger charge is 2.62. The highest BCUT2D eigenvalue weighted by atomic mass is 32.2. The van der Waals surface area contributed by atoms with Crippen molar-refractivity contribution in [2.45, 2.75) is 50.5 Å². The van der Waals surface area contributed by atoms with Crippen molar-refractivity contribution in [3.63, 3.8) is 0 Å². The summed E-state index contributed by atoms with van der Waals surface area (Å²) < 4.78 is 33.4. The van der Waals surface area contributed by atoms with Gasteiger partial charge in [-0.15, -0.1) is 10.2 Å². The lowest BCUT2D eigenvalue weighted by molar-refractivity contribution is 0.418. The van der Waals surface area contributed by atoms with Gasteiger partial charge in [0.1, 0.15) is 0 Å². The number of hydrogen-bond donors (Lipinski definition) is 1. The van der Waals surface area contributed by atoms with E-state index in [1.807, 2.05) is 27.7 Å². The van der Waals surface area contributed by atoms with E-state index in [-0.39, 0.29) is 28.2 Å². The predicted octanol–water partition coefficient (Wildman–Crippen LogP) is 2.66. The fourth-order valence-electron chi connectivity index (χ4n) is 2.76. The molecule has 2 aromatic rings. The molecule has 0 bridgehead atoms. The molecule has 1 aromatic heterocycles. The molecule has 0 amide bonds. The van der Waals surface area contributed by atoms with Crippen LogP contribution >= 0.6 is 0 Å². The van der Waals surface area contributed by atoms with Crippen LogP contribution in [0.3, 0.4) is 0 Å². The maximum Gasteiger partial charge on any atom is 0.240 e. The zero-order valence-electron chi connectivity index (χ0n) is 13.6. The third-order valence-corrected chi connectivity index (χ3v) is 5.84. The summed E-state index contributed by atoms with van der Waals surface area (Å²) in [6.07, 6.45) is 0. The highest BCUT2D eigenvalue weighted by Crippen LogP contribution is 2.58. The van der Waals surface area contributed by atoms with Crippen molar-refractivity contribution in [3.8, 4) is 0 Å². The maximum atomic E-state index is 12.5. The summed E-state index contributed by atoms with van der Waals surface area (Å²) in [5.74, 6) is 1.12. The number of aromatic nitrogens is 2. The normalized spacial score (nSPS) is 23.2. The SMILES string of the molecule is CC(C)c1nnc([C@@H]2[C@H](NS(=O)(=O)c3ccccc3)C2(C)C)o1. The van der Waals surface area contributed by atoms with Crippen LogP contribution in [0.5, 0.6) is 0 Å². The van der Waals surface area contributed by atoms with E-state index in [9.17, 15) is 8.42 Å². The minimum absolute atomic E-state index is 0.110. The van der Waals surface area contributed by atoms with Gasteiger partial charge in [0.15, 0.2) is 0 Å². The van der Waals surface area contributed by atoms with Gasteiger partial charge in [-0.3, -0.25) is 0 Å². The van der Waals surface area contributed by atoms with E-state index in [1.54, 1.807) is 30.3 Å². The maximum absolute atomic E-state index is 12.5. The van der Waals surface area contributed by atoms with E-state index < -0.39 is 10.0 Å². The first-order chi connectivity index (χ1) is 10.7. The van der Waals surface area contributed by atoms with Gasteiger partial charge >= 0.3 is 0 Å². The Labute approximate surface area is 136 Å². The van der Waals surface area contributed by atoms with Crippen LogP contribution < -0.4 is 4.72 Å². The smallest absolute Gasteiger partial charge is 0.240 e. The molecule has 3 rings (SSSR count). The van der Waals surface area contributed by atoms with Crippen LogP contribution in [0, 0.1) is 5.41 Å². The summed E-state index contributed by atoms with van der Waals surface area (Å²) in [7, 11) is -3.56. The zero-order chi connectivity index (χ0) is 16.8. The molecule has 0 saturated heterocycles. The molecule has 2 atom stereocenters. The summed E-state index contributed by atoms with van der Waals surface area (Å²) in [6.45, 7) is 7.94. The molecule has 1 aliphatic rings. The molecule has 124 valence electrons. The molecule has 1 aromatic carbocycles. The van der Waals surface area contributed by atoms with Crippen molar-refractivity contribution in [1.29, 1.82) is 0 Å². The van der Waals surface area contributed by atoms with Crippen molar-refractivity contribution >= 4 is 10.0 Å². The van der Waals surface area contributed by atoms with Gasteiger partial charge in [0, 0.05) is 12.0 Å². The lowest BCUT2D eigenvalue weighted by Gasteiger charge is -2.07. The molecule has 0 aliphatic heterocycles. The van der Waals surface area contributed by atoms with Crippen molar-refractivity contribution in [1.82, 2.24) is 14.9 Å². The summed E-state index contributed by atoms with van der Waals surface area (Å²) in [5, 5.41) is 8.13. The Morgan fingerprint density at radius 3 is 2.39 bits per heavy atom. The minimum Gasteiger partial charge on any atom is -0.425 e. The Morgan fingerprint density at radius 1 is 1.17 bits per heavy atom. The van der Waals surface area contributed by atoms with Gasteiger partial charge in [-0.2, -0.15) is 0 Å². The molecule has 0 radical (unpaired) electrons. The Morgan fingerprint density at radius 2 is 1.83 bits per heavy atom. The van der Waals surface area contributed by atoms with E-state index in [4.69, 9.17) is 4.42 Å². The van der Waals surface area contributed by atoms with Gasteiger partial charge in [-0.05, 0) is 17.5 Å². The molecule has 1 heterocycles. The van der Waals surface area contributed by atoms with E-state index in [0.717, 1.165) is 0 Å². The molecule has 1 fully saturated rings. The zero-order valence-corrected chi connectivity index (χ0v) is 14.5. The van der Waals surface area contributed by atoms with Gasteiger partial charge in [0.2, 0.25) is 21.8 Å². The molecule has 0 unspecified atom stereocenters. The molecule has 6 nitrogen and oxygen atoms in total. The van der Waals surface area contributed by atoms with Gasteiger partial charge in [0.25, 0.3) is 0 Å². The average molecular weight is 335 g/mol. The summed E-state index contributed by atoms with van der Waals surface area (Å²) >= 11 is 0.